The van der Waals surface area contributed by atoms with Crippen molar-refractivity contribution in [2.24, 2.45) is 0 Å². The summed E-state index contributed by atoms with van der Waals surface area (Å²) in [7, 11) is 0. The molecule has 0 spiro atoms. The van der Waals surface area contributed by atoms with Crippen molar-refractivity contribution < 1.29 is 14.3 Å². The minimum absolute atomic E-state index is 0.0216. The topological polar surface area (TPSA) is 55.8 Å². The van der Waals surface area contributed by atoms with Gasteiger partial charge in [-0.2, -0.15) is 0 Å². The summed E-state index contributed by atoms with van der Waals surface area (Å²) >= 11 is 0. The quantitative estimate of drug-likeness (QED) is 0.775. The van der Waals surface area contributed by atoms with E-state index in [4.69, 9.17) is 0 Å². The molecular formula is C18H28FN3O2. The van der Waals surface area contributed by atoms with E-state index in [-0.39, 0.29) is 17.8 Å². The minimum atomic E-state index is -0.325. The van der Waals surface area contributed by atoms with Crippen molar-refractivity contribution in [2.75, 3.05) is 39.3 Å². The number of hydrogen-bond acceptors (Lipinski definition) is 4. The van der Waals surface area contributed by atoms with Crippen LogP contribution < -0.4 is 5.32 Å². The molecule has 6 heteroatoms. The van der Waals surface area contributed by atoms with Gasteiger partial charge in [0.25, 0.3) is 0 Å². The summed E-state index contributed by atoms with van der Waals surface area (Å²) in [5.74, 6) is -0.222. The fraction of sp³-hybridized carbons (Fsp3) is 0.611. The van der Waals surface area contributed by atoms with Gasteiger partial charge in [-0.1, -0.05) is 12.1 Å². The number of nitrogens with zero attached hydrogens (tertiary/aromatic N) is 2. The Kier molecular flexibility index (Phi) is 7.15. The van der Waals surface area contributed by atoms with Crippen molar-refractivity contribution in [2.45, 2.75) is 32.4 Å². The van der Waals surface area contributed by atoms with Gasteiger partial charge >= 0.3 is 0 Å². The Morgan fingerprint density at radius 2 is 2.08 bits per heavy atom. The van der Waals surface area contributed by atoms with Crippen molar-refractivity contribution in [1.82, 2.24) is 15.1 Å². The molecule has 1 aliphatic heterocycles. The summed E-state index contributed by atoms with van der Waals surface area (Å²) in [4.78, 5) is 16.5. The highest BCUT2D eigenvalue weighted by atomic mass is 19.1. The lowest BCUT2D eigenvalue weighted by Gasteiger charge is -2.40. The molecule has 2 rings (SSSR count). The lowest BCUT2D eigenvalue weighted by molar-refractivity contribution is -0.123. The molecule has 0 aliphatic carbocycles. The molecule has 2 atom stereocenters. The Morgan fingerprint density at radius 1 is 1.38 bits per heavy atom. The van der Waals surface area contributed by atoms with E-state index in [1.807, 2.05) is 0 Å². The molecule has 1 saturated heterocycles. The van der Waals surface area contributed by atoms with Gasteiger partial charge in [-0.05, 0) is 38.0 Å². The fourth-order valence-corrected chi connectivity index (χ4v) is 3.08. The first-order valence-corrected chi connectivity index (χ1v) is 8.59. The predicted molar refractivity (Wildman–Crippen MR) is 92.3 cm³/mol. The first-order valence-electron chi connectivity index (χ1n) is 8.59. The largest absolute Gasteiger partial charge is 0.392 e. The number of carbonyl (C=O) groups excluding carboxylic acids is 1. The van der Waals surface area contributed by atoms with Crippen molar-refractivity contribution in [1.29, 1.82) is 0 Å². The van der Waals surface area contributed by atoms with Gasteiger partial charge in [0, 0.05) is 38.8 Å². The predicted octanol–water partition coefficient (Wildman–Crippen LogP) is 0.871. The summed E-state index contributed by atoms with van der Waals surface area (Å²) in [6.07, 6.45) is 0.374. The van der Waals surface area contributed by atoms with E-state index in [0.29, 0.717) is 32.1 Å². The van der Waals surface area contributed by atoms with Crippen LogP contribution in [-0.2, 0) is 11.2 Å². The molecule has 1 aromatic carbocycles. The average Bonchev–Trinajstić information content (AvgIpc) is 2.51. The Balaban J connectivity index is 1.66. The van der Waals surface area contributed by atoms with Crippen LogP contribution in [0.25, 0.3) is 0 Å². The SMILES string of the molecule is C[C@@H]1CN(CC(=O)NCCc2ccc(F)cc2)CCN1C[C@@H](C)O. The molecule has 0 aromatic heterocycles. The molecule has 134 valence electrons. The van der Waals surface area contributed by atoms with E-state index in [9.17, 15) is 14.3 Å². The van der Waals surface area contributed by atoms with E-state index in [1.165, 1.54) is 12.1 Å². The van der Waals surface area contributed by atoms with Gasteiger partial charge in [-0.15, -0.1) is 0 Å². The number of aliphatic hydroxyl groups is 1. The lowest BCUT2D eigenvalue weighted by Crippen LogP contribution is -2.55. The standard InChI is InChI=1S/C18H28FN3O2/c1-14-11-21(9-10-22(14)12-15(2)23)13-18(24)20-8-7-16-3-5-17(19)6-4-16/h3-6,14-15,23H,7-13H2,1-2H3,(H,20,24)/t14-,15-/m1/s1. The minimum Gasteiger partial charge on any atom is -0.392 e. The summed E-state index contributed by atoms with van der Waals surface area (Å²) in [6, 6.07) is 6.69. The molecule has 2 N–H and O–H groups in total. The highest BCUT2D eigenvalue weighted by Gasteiger charge is 2.25. The van der Waals surface area contributed by atoms with Gasteiger partial charge in [-0.25, -0.2) is 4.39 Å². The summed E-state index contributed by atoms with van der Waals surface area (Å²) in [5.41, 5.74) is 1.01. The maximum absolute atomic E-state index is 12.8. The summed E-state index contributed by atoms with van der Waals surface area (Å²) < 4.78 is 12.8. The van der Waals surface area contributed by atoms with Gasteiger partial charge in [0.2, 0.25) is 5.91 Å². The third-order valence-corrected chi connectivity index (χ3v) is 4.36. The molecular weight excluding hydrogens is 309 g/mol. The molecule has 1 amide bonds. The van der Waals surface area contributed by atoms with E-state index < -0.39 is 0 Å². The van der Waals surface area contributed by atoms with Gasteiger partial charge in [0.1, 0.15) is 5.82 Å². The second-order valence-corrected chi connectivity index (χ2v) is 6.65. The Hall–Kier alpha value is -1.50. The second-order valence-electron chi connectivity index (χ2n) is 6.65. The molecule has 0 radical (unpaired) electrons. The maximum atomic E-state index is 12.8. The van der Waals surface area contributed by atoms with Crippen LogP contribution in [0.15, 0.2) is 24.3 Å². The zero-order valence-electron chi connectivity index (χ0n) is 14.5. The molecule has 0 unspecified atom stereocenters. The Morgan fingerprint density at radius 3 is 2.71 bits per heavy atom. The van der Waals surface area contributed by atoms with E-state index in [0.717, 1.165) is 25.2 Å². The van der Waals surface area contributed by atoms with Crippen LogP contribution in [0.1, 0.15) is 19.4 Å². The summed E-state index contributed by atoms with van der Waals surface area (Å²) in [6.45, 7) is 8.10. The number of hydrogen-bond donors (Lipinski definition) is 2. The van der Waals surface area contributed by atoms with E-state index >= 15 is 0 Å². The number of halogens is 1. The number of piperazine rings is 1. The van der Waals surface area contributed by atoms with Crippen LogP contribution >= 0.6 is 0 Å². The molecule has 0 bridgehead atoms. The number of amides is 1. The Labute approximate surface area is 143 Å². The van der Waals surface area contributed by atoms with Crippen LogP contribution in [0.4, 0.5) is 4.39 Å². The molecule has 1 heterocycles. The second kappa shape index (κ2) is 9.11. The zero-order valence-corrected chi connectivity index (χ0v) is 14.5. The number of aliphatic hydroxyl groups excluding tert-OH is 1. The van der Waals surface area contributed by atoms with Crippen molar-refractivity contribution >= 4 is 5.91 Å². The van der Waals surface area contributed by atoms with Gasteiger partial charge in [-0.3, -0.25) is 14.6 Å². The van der Waals surface area contributed by atoms with E-state index in [1.54, 1.807) is 19.1 Å². The Bertz CT molecular complexity index is 522. The van der Waals surface area contributed by atoms with Gasteiger partial charge in [0.05, 0.1) is 12.6 Å². The molecule has 1 aromatic rings. The summed E-state index contributed by atoms with van der Waals surface area (Å²) in [5, 5.41) is 12.4. The van der Waals surface area contributed by atoms with E-state index in [2.05, 4.69) is 22.0 Å². The first kappa shape index (κ1) is 18.8. The van der Waals surface area contributed by atoms with Crippen LogP contribution in [0.2, 0.25) is 0 Å². The molecule has 0 saturated carbocycles. The average molecular weight is 337 g/mol. The number of β-amino-alcohol motifs (C(OH)–C–C–N with tert-alkyl or cyclic N) is 1. The van der Waals surface area contributed by atoms with Crippen LogP contribution in [0, 0.1) is 5.82 Å². The molecule has 1 fully saturated rings. The third kappa shape index (κ3) is 6.19. The van der Waals surface area contributed by atoms with Crippen LogP contribution in [0.3, 0.4) is 0 Å². The van der Waals surface area contributed by atoms with Gasteiger partial charge in [0.15, 0.2) is 0 Å². The number of benzene rings is 1. The van der Waals surface area contributed by atoms with Crippen molar-refractivity contribution in [3.8, 4) is 0 Å². The number of nitrogens with one attached hydrogen (secondary N) is 1. The lowest BCUT2D eigenvalue weighted by atomic mass is 10.1. The normalized spacial score (nSPS) is 20.8. The highest BCUT2D eigenvalue weighted by Crippen LogP contribution is 2.09. The highest BCUT2D eigenvalue weighted by molar-refractivity contribution is 5.78. The van der Waals surface area contributed by atoms with Crippen LogP contribution in [0.5, 0.6) is 0 Å². The fourth-order valence-electron chi connectivity index (χ4n) is 3.08. The number of rotatable bonds is 7. The molecule has 24 heavy (non-hydrogen) atoms. The van der Waals surface area contributed by atoms with Crippen LogP contribution in [-0.4, -0.2) is 72.2 Å². The first-order chi connectivity index (χ1) is 11.4. The van der Waals surface area contributed by atoms with Gasteiger partial charge < -0.3 is 10.4 Å². The van der Waals surface area contributed by atoms with Crippen molar-refractivity contribution in [3.05, 3.63) is 35.6 Å². The maximum Gasteiger partial charge on any atom is 0.234 e. The smallest absolute Gasteiger partial charge is 0.234 e. The monoisotopic (exact) mass is 337 g/mol. The molecule has 5 nitrogen and oxygen atoms in total. The molecule has 1 aliphatic rings. The third-order valence-electron chi connectivity index (χ3n) is 4.36. The van der Waals surface area contributed by atoms with Crippen molar-refractivity contribution in [3.63, 3.8) is 0 Å². The number of carbonyl (C=O) groups is 1. The zero-order chi connectivity index (χ0) is 17.5.